The van der Waals surface area contributed by atoms with Crippen LogP contribution in [0.1, 0.15) is 42.5 Å². The van der Waals surface area contributed by atoms with Crippen molar-refractivity contribution >= 4 is 5.57 Å². The van der Waals surface area contributed by atoms with E-state index in [-0.39, 0.29) is 0 Å². The van der Waals surface area contributed by atoms with Crippen LogP contribution in [-0.2, 0) is 6.54 Å². The zero-order valence-electron chi connectivity index (χ0n) is 13.4. The second-order valence-electron chi connectivity index (χ2n) is 6.25. The van der Waals surface area contributed by atoms with Gasteiger partial charge in [0.05, 0.1) is 13.7 Å². The minimum absolute atomic E-state index is 0.525. The molecule has 2 aromatic rings. The Morgan fingerprint density at radius 1 is 1.30 bits per heavy atom. The minimum Gasteiger partial charge on any atom is -0.497 e. The predicted molar refractivity (Wildman–Crippen MR) is 87.1 cm³/mol. The van der Waals surface area contributed by atoms with Crippen molar-refractivity contribution in [1.82, 2.24) is 15.1 Å². The topological polar surface area (TPSA) is 51.4 Å². The molecular weight excluding hydrogens is 290 g/mol. The van der Waals surface area contributed by atoms with E-state index in [9.17, 15) is 0 Å². The first-order valence-corrected chi connectivity index (χ1v) is 8.20. The third-order valence-electron chi connectivity index (χ3n) is 4.50. The average Bonchev–Trinajstić information content (AvgIpc) is 3.35. The van der Waals surface area contributed by atoms with Crippen LogP contribution in [0.25, 0.3) is 5.57 Å². The predicted octanol–water partition coefficient (Wildman–Crippen LogP) is 3.24. The van der Waals surface area contributed by atoms with E-state index >= 15 is 0 Å². The van der Waals surface area contributed by atoms with E-state index in [1.807, 2.05) is 12.1 Å². The number of hydrogen-bond donors (Lipinski definition) is 0. The minimum atomic E-state index is 0.525. The first kappa shape index (κ1) is 14.5. The molecule has 1 saturated carbocycles. The van der Waals surface area contributed by atoms with Crippen LogP contribution in [0, 0.1) is 0 Å². The number of aromatic nitrogens is 2. The molecule has 0 spiro atoms. The number of rotatable bonds is 5. The molecule has 0 radical (unpaired) electrons. The van der Waals surface area contributed by atoms with Gasteiger partial charge in [-0.2, -0.15) is 0 Å². The SMILES string of the molecule is COc1cccc(C2=CCN(Cc3nnc(C4CC4)o3)CC2)c1. The van der Waals surface area contributed by atoms with Gasteiger partial charge in [-0.3, -0.25) is 4.90 Å². The highest BCUT2D eigenvalue weighted by molar-refractivity contribution is 5.67. The van der Waals surface area contributed by atoms with E-state index in [1.54, 1.807) is 7.11 Å². The van der Waals surface area contributed by atoms with Crippen molar-refractivity contribution in [2.24, 2.45) is 0 Å². The van der Waals surface area contributed by atoms with Crippen LogP contribution in [0.4, 0.5) is 0 Å². The molecule has 4 rings (SSSR count). The molecule has 0 amide bonds. The molecule has 2 heterocycles. The molecule has 0 unspecified atom stereocenters. The van der Waals surface area contributed by atoms with Crippen LogP contribution in [0.3, 0.4) is 0 Å². The van der Waals surface area contributed by atoms with Crippen LogP contribution in [-0.4, -0.2) is 35.3 Å². The molecule has 1 aromatic carbocycles. The van der Waals surface area contributed by atoms with Gasteiger partial charge in [-0.1, -0.05) is 18.2 Å². The van der Waals surface area contributed by atoms with Crippen LogP contribution in [0.5, 0.6) is 5.75 Å². The zero-order chi connectivity index (χ0) is 15.6. The van der Waals surface area contributed by atoms with Gasteiger partial charge in [0.1, 0.15) is 5.75 Å². The number of hydrogen-bond acceptors (Lipinski definition) is 5. The molecule has 0 bridgehead atoms. The van der Waals surface area contributed by atoms with Crippen LogP contribution in [0.15, 0.2) is 34.8 Å². The molecule has 0 saturated heterocycles. The van der Waals surface area contributed by atoms with E-state index in [2.05, 4.69) is 33.3 Å². The molecule has 2 aliphatic rings. The van der Waals surface area contributed by atoms with Crippen molar-refractivity contribution in [3.05, 3.63) is 47.7 Å². The standard InChI is InChI=1S/C18H21N3O2/c1-22-16-4-2-3-15(11-16)13-7-9-21(10-8-13)12-17-19-20-18(23-17)14-5-6-14/h2-4,7,11,14H,5-6,8-10,12H2,1H3. The quantitative estimate of drug-likeness (QED) is 0.848. The maximum Gasteiger partial charge on any atom is 0.230 e. The Labute approximate surface area is 136 Å². The van der Waals surface area contributed by atoms with E-state index < -0.39 is 0 Å². The fourth-order valence-electron chi connectivity index (χ4n) is 2.96. The average molecular weight is 311 g/mol. The maximum atomic E-state index is 5.75. The molecule has 0 atom stereocenters. The Kier molecular flexibility index (Phi) is 3.87. The molecular formula is C18H21N3O2. The normalized spacial score (nSPS) is 18.7. The lowest BCUT2D eigenvalue weighted by Crippen LogP contribution is -2.28. The van der Waals surface area contributed by atoms with Crippen molar-refractivity contribution in [1.29, 1.82) is 0 Å². The highest BCUT2D eigenvalue weighted by Crippen LogP contribution is 2.39. The van der Waals surface area contributed by atoms with E-state index in [0.29, 0.717) is 5.92 Å². The molecule has 1 fully saturated rings. The first-order valence-electron chi connectivity index (χ1n) is 8.20. The summed E-state index contributed by atoms with van der Waals surface area (Å²) < 4.78 is 11.1. The van der Waals surface area contributed by atoms with Crippen LogP contribution in [0.2, 0.25) is 0 Å². The van der Waals surface area contributed by atoms with E-state index in [0.717, 1.165) is 43.6 Å². The van der Waals surface area contributed by atoms with Crippen LogP contribution < -0.4 is 4.74 Å². The zero-order valence-corrected chi connectivity index (χ0v) is 13.4. The van der Waals surface area contributed by atoms with Crippen LogP contribution >= 0.6 is 0 Å². The summed E-state index contributed by atoms with van der Waals surface area (Å²) in [6.07, 6.45) is 5.70. The van der Waals surface area contributed by atoms with Crippen molar-refractivity contribution in [3.8, 4) is 5.75 Å². The summed E-state index contributed by atoms with van der Waals surface area (Å²) in [5.41, 5.74) is 2.63. The molecule has 5 heteroatoms. The van der Waals surface area contributed by atoms with Gasteiger partial charge in [-0.15, -0.1) is 10.2 Å². The summed E-state index contributed by atoms with van der Waals surface area (Å²) in [6.45, 7) is 2.65. The second kappa shape index (κ2) is 6.16. The number of methoxy groups -OCH3 is 1. The number of nitrogens with zero attached hydrogens (tertiary/aromatic N) is 3. The number of benzene rings is 1. The lowest BCUT2D eigenvalue weighted by atomic mass is 9.99. The lowest BCUT2D eigenvalue weighted by Gasteiger charge is -2.25. The van der Waals surface area contributed by atoms with Gasteiger partial charge in [-0.25, -0.2) is 0 Å². The second-order valence-corrected chi connectivity index (χ2v) is 6.25. The van der Waals surface area contributed by atoms with Crippen molar-refractivity contribution in [2.75, 3.05) is 20.2 Å². The fourth-order valence-corrected chi connectivity index (χ4v) is 2.96. The molecule has 1 aliphatic heterocycles. The largest absolute Gasteiger partial charge is 0.497 e. The lowest BCUT2D eigenvalue weighted by molar-refractivity contribution is 0.258. The summed E-state index contributed by atoms with van der Waals surface area (Å²) >= 11 is 0. The van der Waals surface area contributed by atoms with E-state index in [4.69, 9.17) is 9.15 Å². The number of ether oxygens (including phenoxy) is 1. The molecule has 23 heavy (non-hydrogen) atoms. The van der Waals surface area contributed by atoms with Gasteiger partial charge < -0.3 is 9.15 Å². The molecule has 1 aromatic heterocycles. The molecule has 5 nitrogen and oxygen atoms in total. The van der Waals surface area contributed by atoms with Gasteiger partial charge in [0.2, 0.25) is 11.8 Å². The molecule has 0 N–H and O–H groups in total. The Hall–Kier alpha value is -2.14. The van der Waals surface area contributed by atoms with Gasteiger partial charge in [0, 0.05) is 19.0 Å². The van der Waals surface area contributed by atoms with Gasteiger partial charge >= 0.3 is 0 Å². The Bertz CT molecular complexity index is 719. The van der Waals surface area contributed by atoms with Gasteiger partial charge in [0.25, 0.3) is 0 Å². The van der Waals surface area contributed by atoms with E-state index in [1.165, 1.54) is 24.0 Å². The molecule has 1 aliphatic carbocycles. The maximum absolute atomic E-state index is 5.75. The van der Waals surface area contributed by atoms with Crippen molar-refractivity contribution in [3.63, 3.8) is 0 Å². The van der Waals surface area contributed by atoms with Gasteiger partial charge in [-0.05, 0) is 42.5 Å². The summed E-state index contributed by atoms with van der Waals surface area (Å²) in [7, 11) is 1.70. The Morgan fingerprint density at radius 2 is 2.22 bits per heavy atom. The third-order valence-corrected chi connectivity index (χ3v) is 4.50. The molecule has 120 valence electrons. The van der Waals surface area contributed by atoms with Gasteiger partial charge in [0.15, 0.2) is 0 Å². The highest BCUT2D eigenvalue weighted by Gasteiger charge is 2.29. The smallest absolute Gasteiger partial charge is 0.230 e. The van der Waals surface area contributed by atoms with Crippen molar-refractivity contribution in [2.45, 2.75) is 31.7 Å². The Balaban J connectivity index is 1.39. The first-order chi connectivity index (χ1) is 11.3. The third kappa shape index (κ3) is 3.29. The summed E-state index contributed by atoms with van der Waals surface area (Å²) in [4.78, 5) is 2.34. The fraction of sp³-hybridized carbons (Fsp3) is 0.444. The highest BCUT2D eigenvalue weighted by atomic mass is 16.5. The summed E-state index contributed by atoms with van der Waals surface area (Å²) in [6, 6.07) is 8.26. The summed E-state index contributed by atoms with van der Waals surface area (Å²) in [5, 5.41) is 8.33. The Morgan fingerprint density at radius 3 is 2.96 bits per heavy atom. The summed E-state index contributed by atoms with van der Waals surface area (Å²) in [5.74, 6) is 3.00. The monoisotopic (exact) mass is 311 g/mol. The van der Waals surface area contributed by atoms with Crippen molar-refractivity contribution < 1.29 is 9.15 Å².